The molecule has 0 heterocycles. The lowest BCUT2D eigenvalue weighted by Gasteiger charge is -2.24. The van der Waals surface area contributed by atoms with Crippen molar-refractivity contribution in [1.82, 2.24) is 0 Å². The zero-order valence-corrected chi connectivity index (χ0v) is 47.9. The van der Waals surface area contributed by atoms with Gasteiger partial charge in [0.2, 0.25) is 21.7 Å². The number of halogens is 12. The molecular formula is C66H58F12N2O8. The zero-order valence-electron chi connectivity index (χ0n) is 47.9. The van der Waals surface area contributed by atoms with E-state index in [0.717, 1.165) is 0 Å². The average molecular weight is 1240 g/mol. The van der Waals surface area contributed by atoms with Crippen LogP contribution in [-0.2, 0) is 63.5 Å². The number of hydrogen-bond acceptors (Lipinski definition) is 10. The fraction of sp³-hybridized carbons (Fsp3) is 0.333. The highest BCUT2D eigenvalue weighted by molar-refractivity contribution is 5.85. The molecule has 1 aliphatic carbocycles. The van der Waals surface area contributed by atoms with E-state index in [1.807, 2.05) is 52.0 Å². The summed E-state index contributed by atoms with van der Waals surface area (Å²) in [6, 6.07) is 19.4. The summed E-state index contributed by atoms with van der Waals surface area (Å²) in [7, 11) is 0. The molecule has 0 saturated carbocycles. The van der Waals surface area contributed by atoms with Crippen molar-refractivity contribution >= 4 is 11.4 Å². The number of anilines is 2. The van der Waals surface area contributed by atoms with Crippen LogP contribution in [0.1, 0.15) is 131 Å². The first-order valence-electron chi connectivity index (χ1n) is 28.4. The third-order valence-electron chi connectivity index (χ3n) is 14.8. The van der Waals surface area contributed by atoms with Crippen LogP contribution >= 0.6 is 0 Å². The smallest absolute Gasteiger partial charge is 0.416 e. The average Bonchev–Trinajstić information content (AvgIpc) is 0.961. The van der Waals surface area contributed by atoms with Gasteiger partial charge in [-0.05, 0) is 153 Å². The number of rotatable bonds is 20. The molecule has 8 aromatic carbocycles. The molecule has 88 heavy (non-hydrogen) atoms. The first kappa shape index (κ1) is 63.9. The van der Waals surface area contributed by atoms with E-state index in [-0.39, 0.29) is 97.9 Å². The van der Waals surface area contributed by atoms with Crippen LogP contribution in [0.4, 0.5) is 64.1 Å². The molecule has 0 unspecified atom stereocenters. The fourth-order valence-corrected chi connectivity index (χ4v) is 10.8. The number of benzene rings is 6. The molecule has 2 N–H and O–H groups in total. The number of fused-ring (bicyclic) bond motifs is 8. The van der Waals surface area contributed by atoms with Gasteiger partial charge in [-0.25, -0.2) is 0 Å². The Kier molecular flexibility index (Phi) is 18.6. The van der Waals surface area contributed by atoms with Gasteiger partial charge in [0.15, 0.2) is 0 Å². The Morgan fingerprint density at radius 1 is 0.352 bits per heavy atom. The van der Waals surface area contributed by atoms with Gasteiger partial charge in [-0.1, -0.05) is 64.1 Å². The molecule has 8 aromatic rings. The third kappa shape index (κ3) is 13.7. The topological polar surface area (TPSA) is 129 Å². The maximum Gasteiger partial charge on any atom is 0.416 e. The lowest BCUT2D eigenvalue weighted by atomic mass is 9.87. The summed E-state index contributed by atoms with van der Waals surface area (Å²) in [5.74, 6) is 1.63. The van der Waals surface area contributed by atoms with E-state index in [1.165, 1.54) is 0 Å². The number of hydrogen-bond donors (Lipinski definition) is 2. The number of nitrogens with one attached hydrogen (secondary N) is 2. The first-order valence-corrected chi connectivity index (χ1v) is 28.4. The minimum Gasteiger partial charge on any atom is -0.493 e. The van der Waals surface area contributed by atoms with Gasteiger partial charge in [0.1, 0.15) is 23.0 Å². The molecule has 10 nitrogen and oxygen atoms in total. The summed E-state index contributed by atoms with van der Waals surface area (Å²) in [6.07, 6.45) is -18.3. The van der Waals surface area contributed by atoms with Crippen LogP contribution in [0, 0.1) is 0 Å². The summed E-state index contributed by atoms with van der Waals surface area (Å²) in [5, 5.41) is 5.34. The number of alkyl halides is 12. The van der Waals surface area contributed by atoms with E-state index >= 15 is 0 Å². The molecule has 0 amide bonds. The molecule has 0 atom stereocenters. The normalized spacial score (nSPS) is 13.0. The predicted molar refractivity (Wildman–Crippen MR) is 308 cm³/mol. The minimum absolute atomic E-state index is 0.0137. The van der Waals surface area contributed by atoms with Crippen molar-refractivity contribution in [1.29, 1.82) is 0 Å². The van der Waals surface area contributed by atoms with Gasteiger partial charge in [-0.2, -0.15) is 52.7 Å². The van der Waals surface area contributed by atoms with E-state index in [4.69, 9.17) is 18.9 Å². The first-order chi connectivity index (χ1) is 41.6. The van der Waals surface area contributed by atoms with Crippen molar-refractivity contribution in [3.8, 4) is 45.3 Å². The predicted octanol–water partition coefficient (Wildman–Crippen LogP) is 15.3. The molecule has 8 bridgehead atoms. The Morgan fingerprint density at radius 2 is 0.602 bits per heavy atom. The van der Waals surface area contributed by atoms with Crippen LogP contribution in [0.2, 0.25) is 0 Å². The van der Waals surface area contributed by atoms with Gasteiger partial charge >= 0.3 is 24.7 Å². The molecule has 0 fully saturated rings. The quantitative estimate of drug-likeness (QED) is 0.0562. The molecule has 0 aliphatic heterocycles. The van der Waals surface area contributed by atoms with Gasteiger partial charge in [-0.15, -0.1) is 0 Å². The zero-order chi connectivity index (χ0) is 63.6. The van der Waals surface area contributed by atoms with E-state index < -0.39 is 92.9 Å². The number of ether oxygens (including phenoxy) is 4. The molecule has 9 rings (SSSR count). The van der Waals surface area contributed by atoms with Crippen LogP contribution in [0.15, 0.2) is 116 Å². The third-order valence-corrected chi connectivity index (χ3v) is 14.8. The van der Waals surface area contributed by atoms with E-state index in [2.05, 4.69) is 10.6 Å². The van der Waals surface area contributed by atoms with Crippen molar-refractivity contribution in [3.63, 3.8) is 0 Å². The van der Waals surface area contributed by atoms with Gasteiger partial charge in [0.05, 0.1) is 71.2 Å². The van der Waals surface area contributed by atoms with Crippen molar-refractivity contribution in [2.75, 3.05) is 37.1 Å². The van der Waals surface area contributed by atoms with Crippen LogP contribution < -0.4 is 51.3 Å². The van der Waals surface area contributed by atoms with Crippen molar-refractivity contribution in [2.45, 2.75) is 117 Å². The molecule has 22 heteroatoms. The Labute approximate surface area is 496 Å². The maximum absolute atomic E-state index is 13.9. The van der Waals surface area contributed by atoms with Crippen molar-refractivity contribution in [2.24, 2.45) is 0 Å². The Bertz CT molecular complexity index is 3640. The van der Waals surface area contributed by atoms with Gasteiger partial charge in [-0.3, -0.25) is 19.2 Å². The van der Waals surface area contributed by atoms with Crippen LogP contribution in [-0.4, -0.2) is 26.4 Å². The lowest BCUT2D eigenvalue weighted by Crippen LogP contribution is -2.36. The molecule has 0 radical (unpaired) electrons. The second kappa shape index (κ2) is 25.6. The highest BCUT2D eigenvalue weighted by atomic mass is 19.4. The summed E-state index contributed by atoms with van der Waals surface area (Å²) >= 11 is 0. The lowest BCUT2D eigenvalue weighted by molar-refractivity contribution is -0.144. The SMILES string of the molecule is CCCOc1c2cccc1Cc1cc(-c3c(NCc4cc(C(F)(F)F)cc(C(F)(F)F)c4)c(=O)c3=O)cc(c1OCCC)Cc1cccc(c1OCCC)Cc1cc(-c3c(NCc4cc(C(F)(F)F)cc(C(F)(F)F)c4)c(=O)c3=O)cc(c1OCCC)C2. The largest absolute Gasteiger partial charge is 0.493 e. The summed E-state index contributed by atoms with van der Waals surface area (Å²) in [4.78, 5) is 54.7. The molecule has 1 aliphatic rings. The van der Waals surface area contributed by atoms with Crippen molar-refractivity contribution in [3.05, 3.63) is 216 Å². The van der Waals surface area contributed by atoms with Crippen LogP contribution in [0.5, 0.6) is 23.0 Å². The Hall–Kier alpha value is -8.56. The second-order valence-electron chi connectivity index (χ2n) is 21.5. The summed E-state index contributed by atoms with van der Waals surface area (Å²) in [6.45, 7) is 7.03. The highest BCUT2D eigenvalue weighted by Gasteiger charge is 2.39. The molecule has 464 valence electrons. The molecular weight excluding hydrogens is 1180 g/mol. The van der Waals surface area contributed by atoms with Gasteiger partial charge < -0.3 is 29.6 Å². The van der Waals surface area contributed by atoms with Gasteiger partial charge in [0, 0.05) is 38.8 Å². The Balaban J connectivity index is 1.22. The molecule has 0 aromatic heterocycles. The van der Waals surface area contributed by atoms with E-state index in [1.54, 1.807) is 36.4 Å². The monoisotopic (exact) mass is 1230 g/mol. The number of para-hydroxylation sites is 2. The van der Waals surface area contributed by atoms with Crippen molar-refractivity contribution < 1.29 is 71.6 Å². The van der Waals surface area contributed by atoms with Gasteiger partial charge in [0.25, 0.3) is 0 Å². The Morgan fingerprint density at radius 3 is 0.841 bits per heavy atom. The minimum atomic E-state index is -5.15. The maximum atomic E-state index is 13.9. The summed E-state index contributed by atoms with van der Waals surface area (Å²) in [5.41, 5.74) is -7.49. The molecule has 0 saturated heterocycles. The standard InChI is InChI=1S/C66H58F12N2O8/c1-5-15-85-59-37-11-9-12-38(59)24-44-28-42(52-54(58(84)56(52)82)80-34-36-21-49(65(73,74)75)32-50(22-36)66(76,77)78)30-46(62(44)88-18-8-4)26-40-14-10-13-39(60(40)86-16-6-2)25-45-29-41(27-43(23-37)61(45)87-17-7-3)51-53(57(83)55(51)81)79-33-35-19-47(63(67,68)69)31-48(20-35)64(70,71)72/h9-14,19-22,27-32,79-80H,5-8,15-18,23-26,33-34H2,1-4H3. The van der Waals surface area contributed by atoms with E-state index in [0.29, 0.717) is 117 Å². The van der Waals surface area contributed by atoms with Crippen LogP contribution in [0.3, 0.4) is 0 Å². The second-order valence-corrected chi connectivity index (χ2v) is 21.5. The van der Waals surface area contributed by atoms with Crippen LogP contribution in [0.25, 0.3) is 22.3 Å². The summed E-state index contributed by atoms with van der Waals surface area (Å²) < 4.78 is 193. The molecule has 0 spiro atoms. The highest BCUT2D eigenvalue weighted by Crippen LogP contribution is 2.44. The fourth-order valence-electron chi connectivity index (χ4n) is 10.8. The van der Waals surface area contributed by atoms with E-state index in [9.17, 15) is 71.9 Å².